The Balaban J connectivity index is 2.50. The van der Waals surface area contributed by atoms with E-state index in [1.807, 2.05) is 19.0 Å². The lowest BCUT2D eigenvalue weighted by Gasteiger charge is -2.31. The molecule has 1 aliphatic rings. The van der Waals surface area contributed by atoms with Gasteiger partial charge < -0.3 is 10.2 Å². The van der Waals surface area contributed by atoms with Gasteiger partial charge in [0.05, 0.1) is 0 Å². The van der Waals surface area contributed by atoms with Gasteiger partial charge in [0.1, 0.15) is 0 Å². The van der Waals surface area contributed by atoms with Crippen LogP contribution in [0.15, 0.2) is 0 Å². The number of hydrogen-bond donors (Lipinski definition) is 1. The first-order valence-electron chi connectivity index (χ1n) is 5.96. The molecule has 0 spiro atoms. The summed E-state index contributed by atoms with van der Waals surface area (Å²) >= 11 is 0. The van der Waals surface area contributed by atoms with E-state index < -0.39 is 0 Å². The molecule has 88 valence electrons. The zero-order valence-corrected chi connectivity index (χ0v) is 10.4. The van der Waals surface area contributed by atoms with Gasteiger partial charge in [-0.05, 0) is 51.6 Å². The van der Waals surface area contributed by atoms with E-state index >= 15 is 0 Å². The molecule has 0 aromatic rings. The topological polar surface area (TPSA) is 32.3 Å². The van der Waals surface area contributed by atoms with Crippen LogP contribution in [0.25, 0.3) is 0 Å². The van der Waals surface area contributed by atoms with Gasteiger partial charge in [0.25, 0.3) is 0 Å². The third-order valence-electron chi connectivity index (χ3n) is 3.68. The Morgan fingerprint density at radius 1 is 1.53 bits per heavy atom. The van der Waals surface area contributed by atoms with Gasteiger partial charge in [-0.15, -0.1) is 0 Å². The van der Waals surface area contributed by atoms with Gasteiger partial charge >= 0.3 is 0 Å². The van der Waals surface area contributed by atoms with Crippen LogP contribution in [-0.4, -0.2) is 37.5 Å². The average molecular weight is 212 g/mol. The first-order valence-corrected chi connectivity index (χ1v) is 5.96. The van der Waals surface area contributed by atoms with Crippen LogP contribution < -0.4 is 5.32 Å². The quantitative estimate of drug-likeness (QED) is 0.723. The van der Waals surface area contributed by atoms with Crippen LogP contribution in [0, 0.1) is 11.8 Å². The minimum Gasteiger partial charge on any atom is -0.343 e. The van der Waals surface area contributed by atoms with Gasteiger partial charge in [0, 0.05) is 20.0 Å². The number of nitrogens with zero attached hydrogens (tertiary/aromatic N) is 1. The lowest BCUT2D eigenvalue weighted by atomic mass is 9.91. The van der Waals surface area contributed by atoms with Crippen LogP contribution in [0.3, 0.4) is 0 Å². The molecule has 0 aromatic heterocycles. The molecule has 1 fully saturated rings. The van der Waals surface area contributed by atoms with Crippen molar-refractivity contribution in [2.45, 2.75) is 39.2 Å². The maximum atomic E-state index is 11.3. The molecule has 0 radical (unpaired) electrons. The maximum absolute atomic E-state index is 11.3. The monoisotopic (exact) mass is 212 g/mol. The lowest BCUT2D eigenvalue weighted by Crippen LogP contribution is -2.40. The van der Waals surface area contributed by atoms with Crippen LogP contribution in [-0.2, 0) is 4.79 Å². The molecule has 2 unspecified atom stereocenters. The molecule has 0 aromatic carbocycles. The van der Waals surface area contributed by atoms with Crippen molar-refractivity contribution in [1.82, 2.24) is 10.2 Å². The van der Waals surface area contributed by atoms with Crippen molar-refractivity contribution in [3.63, 3.8) is 0 Å². The Kier molecular flexibility index (Phi) is 4.58. The molecule has 1 saturated carbocycles. The number of hydrogen-bond acceptors (Lipinski definition) is 2. The van der Waals surface area contributed by atoms with Crippen molar-refractivity contribution in [3.8, 4) is 0 Å². The molecule has 15 heavy (non-hydrogen) atoms. The number of carbonyl (C=O) groups is 1. The molecule has 1 amide bonds. The third-order valence-corrected chi connectivity index (χ3v) is 3.68. The molecule has 0 saturated heterocycles. The van der Waals surface area contributed by atoms with Crippen molar-refractivity contribution in [1.29, 1.82) is 0 Å². The molecule has 1 rings (SSSR count). The highest BCUT2D eigenvalue weighted by Crippen LogP contribution is 2.41. The van der Waals surface area contributed by atoms with Crippen LogP contribution >= 0.6 is 0 Å². The van der Waals surface area contributed by atoms with Crippen LogP contribution in [0.2, 0.25) is 0 Å². The minimum absolute atomic E-state index is 0.178. The lowest BCUT2D eigenvalue weighted by molar-refractivity contribution is -0.130. The fraction of sp³-hybridized carbons (Fsp3) is 0.917. The predicted molar refractivity (Wildman–Crippen MR) is 62.7 cm³/mol. The number of amides is 1. The predicted octanol–water partition coefficient (Wildman–Crippen LogP) is 1.49. The highest BCUT2D eigenvalue weighted by atomic mass is 16.2. The summed E-state index contributed by atoms with van der Waals surface area (Å²) in [6.07, 6.45) is 3.88. The Morgan fingerprint density at radius 3 is 2.53 bits per heavy atom. The Morgan fingerprint density at radius 2 is 2.13 bits per heavy atom. The smallest absolute Gasteiger partial charge is 0.219 e. The summed E-state index contributed by atoms with van der Waals surface area (Å²) in [5.74, 6) is 1.71. The fourth-order valence-corrected chi connectivity index (χ4v) is 2.28. The molecular weight excluding hydrogens is 188 g/mol. The van der Waals surface area contributed by atoms with E-state index in [1.54, 1.807) is 6.92 Å². The summed E-state index contributed by atoms with van der Waals surface area (Å²) in [6.45, 7) is 4.88. The van der Waals surface area contributed by atoms with Gasteiger partial charge in [-0.25, -0.2) is 0 Å². The SMILES string of the molecule is CNCCC(C1CC1)C(C)N(C)C(C)=O. The van der Waals surface area contributed by atoms with E-state index in [0.29, 0.717) is 12.0 Å². The molecule has 0 heterocycles. The highest BCUT2D eigenvalue weighted by molar-refractivity contribution is 5.73. The molecule has 1 N–H and O–H groups in total. The molecule has 0 bridgehead atoms. The highest BCUT2D eigenvalue weighted by Gasteiger charge is 2.36. The first-order chi connectivity index (χ1) is 7.07. The average Bonchev–Trinajstić information content (AvgIpc) is 3.00. The van der Waals surface area contributed by atoms with Crippen molar-refractivity contribution in [2.75, 3.05) is 20.6 Å². The zero-order chi connectivity index (χ0) is 11.4. The van der Waals surface area contributed by atoms with E-state index in [1.165, 1.54) is 19.3 Å². The van der Waals surface area contributed by atoms with E-state index in [9.17, 15) is 4.79 Å². The second kappa shape index (κ2) is 5.50. The fourth-order valence-electron chi connectivity index (χ4n) is 2.28. The van der Waals surface area contributed by atoms with Crippen molar-refractivity contribution >= 4 is 5.91 Å². The largest absolute Gasteiger partial charge is 0.343 e. The second-order valence-corrected chi connectivity index (χ2v) is 4.76. The van der Waals surface area contributed by atoms with E-state index in [4.69, 9.17) is 0 Å². The van der Waals surface area contributed by atoms with Gasteiger partial charge in [-0.2, -0.15) is 0 Å². The van der Waals surface area contributed by atoms with Gasteiger partial charge in [0.15, 0.2) is 0 Å². The van der Waals surface area contributed by atoms with Gasteiger partial charge in [-0.1, -0.05) is 0 Å². The van der Waals surface area contributed by atoms with Gasteiger partial charge in [-0.3, -0.25) is 4.79 Å². The van der Waals surface area contributed by atoms with E-state index in [-0.39, 0.29) is 5.91 Å². The van der Waals surface area contributed by atoms with Crippen molar-refractivity contribution in [3.05, 3.63) is 0 Å². The van der Waals surface area contributed by atoms with E-state index in [0.717, 1.165) is 12.5 Å². The minimum atomic E-state index is 0.178. The van der Waals surface area contributed by atoms with Crippen molar-refractivity contribution in [2.24, 2.45) is 11.8 Å². The Hall–Kier alpha value is -0.570. The number of rotatable bonds is 6. The maximum Gasteiger partial charge on any atom is 0.219 e. The van der Waals surface area contributed by atoms with Crippen LogP contribution in [0.4, 0.5) is 0 Å². The summed E-state index contributed by atoms with van der Waals surface area (Å²) in [5.41, 5.74) is 0. The summed E-state index contributed by atoms with van der Waals surface area (Å²) < 4.78 is 0. The zero-order valence-electron chi connectivity index (χ0n) is 10.4. The molecule has 3 nitrogen and oxygen atoms in total. The van der Waals surface area contributed by atoms with Crippen LogP contribution in [0.1, 0.15) is 33.1 Å². The number of nitrogens with one attached hydrogen (secondary N) is 1. The summed E-state index contributed by atoms with van der Waals surface area (Å²) in [5, 5.41) is 3.20. The first kappa shape index (κ1) is 12.5. The second-order valence-electron chi connectivity index (χ2n) is 4.76. The van der Waals surface area contributed by atoms with E-state index in [2.05, 4.69) is 12.2 Å². The Bertz CT molecular complexity index is 214. The summed E-state index contributed by atoms with van der Waals surface area (Å²) in [7, 11) is 3.91. The number of carbonyl (C=O) groups excluding carboxylic acids is 1. The molecular formula is C12H24N2O. The van der Waals surface area contributed by atoms with Crippen molar-refractivity contribution < 1.29 is 4.79 Å². The third kappa shape index (κ3) is 3.49. The van der Waals surface area contributed by atoms with Gasteiger partial charge in [0.2, 0.25) is 5.91 Å². The Labute approximate surface area is 93.2 Å². The van der Waals surface area contributed by atoms with Crippen LogP contribution in [0.5, 0.6) is 0 Å². The molecule has 1 aliphatic carbocycles. The summed E-state index contributed by atoms with van der Waals surface area (Å²) in [6, 6.07) is 0.378. The summed E-state index contributed by atoms with van der Waals surface area (Å²) in [4.78, 5) is 13.2. The molecule has 2 atom stereocenters. The standard InChI is InChI=1S/C12H24N2O/c1-9(14(4)10(2)15)12(7-8-13-3)11-5-6-11/h9,11-13H,5-8H2,1-4H3. The molecule has 3 heteroatoms. The molecule has 0 aliphatic heterocycles. The normalized spacial score (nSPS) is 19.7.